The molecule has 0 aliphatic heterocycles. The Morgan fingerprint density at radius 3 is 1.24 bits per heavy atom. The summed E-state index contributed by atoms with van der Waals surface area (Å²) >= 11 is 0. The first-order valence-electron chi connectivity index (χ1n) is 17.3. The molecule has 9 aromatic carbocycles. The minimum atomic E-state index is 1.15. The number of rotatable bonds is 3. The van der Waals surface area contributed by atoms with Crippen molar-refractivity contribution in [2.75, 3.05) is 0 Å². The molecule has 0 amide bonds. The predicted octanol–water partition coefficient (Wildman–Crippen LogP) is 13.0. The van der Waals surface area contributed by atoms with Gasteiger partial charge in [-0.2, -0.15) is 0 Å². The lowest BCUT2D eigenvalue weighted by Gasteiger charge is -2.15. The Balaban J connectivity index is 1.20. The van der Waals surface area contributed by atoms with Crippen LogP contribution < -0.4 is 0 Å². The van der Waals surface area contributed by atoms with Gasteiger partial charge >= 0.3 is 0 Å². The summed E-state index contributed by atoms with van der Waals surface area (Å²) in [6.45, 7) is 0. The van der Waals surface area contributed by atoms with Crippen LogP contribution in [0.1, 0.15) is 0 Å². The topological polar surface area (TPSA) is 9.86 Å². The van der Waals surface area contributed by atoms with E-state index in [1.165, 1.54) is 87.1 Å². The van der Waals surface area contributed by atoms with E-state index in [1.54, 1.807) is 0 Å². The van der Waals surface area contributed by atoms with Crippen LogP contribution in [0.3, 0.4) is 0 Å². The van der Waals surface area contributed by atoms with E-state index in [-0.39, 0.29) is 0 Å². The zero-order chi connectivity index (χ0) is 32.8. The molecule has 0 unspecified atom stereocenters. The lowest BCUT2D eigenvalue weighted by molar-refractivity contribution is 1.15. The van der Waals surface area contributed by atoms with Gasteiger partial charge in [-0.05, 0) is 79.8 Å². The minimum Gasteiger partial charge on any atom is -0.307 e. The van der Waals surface area contributed by atoms with Crippen LogP contribution in [0, 0.1) is 0 Å². The summed E-state index contributed by atoms with van der Waals surface area (Å²) in [6.07, 6.45) is 0. The molecule has 11 rings (SSSR count). The average Bonchev–Trinajstić information content (AvgIpc) is 3.71. The lowest BCUT2D eigenvalue weighted by Crippen LogP contribution is -1.98. The van der Waals surface area contributed by atoms with Gasteiger partial charge in [0.15, 0.2) is 0 Å². The van der Waals surface area contributed by atoms with Crippen LogP contribution in [0.4, 0.5) is 0 Å². The molecule has 0 radical (unpaired) electrons. The molecule has 50 heavy (non-hydrogen) atoms. The summed E-state index contributed by atoms with van der Waals surface area (Å²) < 4.78 is 4.92. The average molecular weight is 635 g/mol. The third kappa shape index (κ3) is 3.73. The van der Waals surface area contributed by atoms with Crippen molar-refractivity contribution in [3.8, 4) is 22.5 Å². The van der Waals surface area contributed by atoms with Crippen molar-refractivity contribution >= 4 is 75.9 Å². The fourth-order valence-electron chi connectivity index (χ4n) is 8.60. The summed E-state index contributed by atoms with van der Waals surface area (Å²) in [4.78, 5) is 0. The molecule has 0 fully saturated rings. The SMILES string of the molecule is c1ccc(-n2c3ccccc3c3ccc4c5ccccc5n(-c5ccc(-c6cccc7c8ccccc8c8ccccc8c67)cc5)c4c32)cc1. The first-order chi connectivity index (χ1) is 24.8. The van der Waals surface area contributed by atoms with Crippen LogP contribution in [0.5, 0.6) is 0 Å². The first-order valence-corrected chi connectivity index (χ1v) is 17.3. The molecule has 0 aliphatic rings. The van der Waals surface area contributed by atoms with E-state index < -0.39 is 0 Å². The van der Waals surface area contributed by atoms with Gasteiger partial charge in [-0.25, -0.2) is 0 Å². The van der Waals surface area contributed by atoms with Crippen molar-refractivity contribution in [2.45, 2.75) is 0 Å². The summed E-state index contributed by atoms with van der Waals surface area (Å²) in [5.41, 5.74) is 9.64. The summed E-state index contributed by atoms with van der Waals surface area (Å²) in [5, 5.41) is 12.8. The molecule has 2 heterocycles. The number of nitrogens with zero attached hydrogens (tertiary/aromatic N) is 2. The molecule has 0 saturated carbocycles. The molecule has 0 aliphatic carbocycles. The monoisotopic (exact) mass is 634 g/mol. The molecular formula is C48H30N2. The maximum Gasteiger partial charge on any atom is 0.0788 e. The highest BCUT2D eigenvalue weighted by Crippen LogP contribution is 2.43. The molecule has 0 bridgehead atoms. The molecule has 11 aromatic rings. The Bertz CT molecular complexity index is 3080. The van der Waals surface area contributed by atoms with E-state index in [9.17, 15) is 0 Å². The Labute approximate surface area is 288 Å². The summed E-state index contributed by atoms with van der Waals surface area (Å²) in [7, 11) is 0. The van der Waals surface area contributed by atoms with Gasteiger partial charge in [-0.1, -0.05) is 146 Å². The Hall–Kier alpha value is -6.64. The molecule has 232 valence electrons. The highest BCUT2D eigenvalue weighted by Gasteiger charge is 2.21. The molecule has 0 saturated heterocycles. The van der Waals surface area contributed by atoms with Crippen molar-refractivity contribution < 1.29 is 0 Å². The molecule has 2 heteroatoms. The normalized spacial score (nSPS) is 12.0. The summed E-state index contributed by atoms with van der Waals surface area (Å²) in [6, 6.07) is 66.6. The first kappa shape index (κ1) is 27.3. The molecule has 0 spiro atoms. The maximum absolute atomic E-state index is 2.47. The van der Waals surface area contributed by atoms with Gasteiger partial charge in [0.2, 0.25) is 0 Å². The van der Waals surface area contributed by atoms with E-state index in [4.69, 9.17) is 0 Å². The van der Waals surface area contributed by atoms with Crippen LogP contribution in [0.15, 0.2) is 182 Å². The van der Waals surface area contributed by atoms with Crippen LogP contribution in [0.25, 0.3) is 98.4 Å². The second-order valence-electron chi connectivity index (χ2n) is 13.3. The fraction of sp³-hybridized carbons (Fsp3) is 0. The van der Waals surface area contributed by atoms with Gasteiger partial charge < -0.3 is 9.13 Å². The van der Waals surface area contributed by atoms with Crippen LogP contribution in [0.2, 0.25) is 0 Å². The van der Waals surface area contributed by atoms with Crippen LogP contribution in [-0.2, 0) is 0 Å². The zero-order valence-electron chi connectivity index (χ0n) is 27.2. The Kier molecular flexibility index (Phi) is 5.70. The number of hydrogen-bond acceptors (Lipinski definition) is 0. The van der Waals surface area contributed by atoms with E-state index in [0.717, 1.165) is 11.4 Å². The maximum atomic E-state index is 2.47. The highest BCUT2D eigenvalue weighted by atomic mass is 15.0. The van der Waals surface area contributed by atoms with Crippen molar-refractivity contribution in [2.24, 2.45) is 0 Å². The number of hydrogen-bond donors (Lipinski definition) is 0. The Morgan fingerprint density at radius 2 is 0.680 bits per heavy atom. The third-order valence-electron chi connectivity index (χ3n) is 10.7. The van der Waals surface area contributed by atoms with Crippen molar-refractivity contribution in [1.29, 1.82) is 0 Å². The number of fused-ring (bicyclic) bond motifs is 13. The van der Waals surface area contributed by atoms with E-state index in [2.05, 4.69) is 191 Å². The molecule has 0 atom stereocenters. The highest BCUT2D eigenvalue weighted by molar-refractivity contribution is 6.28. The second-order valence-corrected chi connectivity index (χ2v) is 13.3. The number of aromatic nitrogens is 2. The molecule has 0 N–H and O–H groups in total. The van der Waals surface area contributed by atoms with Gasteiger partial charge in [0, 0.05) is 32.9 Å². The second kappa shape index (κ2) is 10.4. The number of para-hydroxylation sites is 3. The quantitative estimate of drug-likeness (QED) is 0.171. The number of benzene rings is 9. The fourth-order valence-corrected chi connectivity index (χ4v) is 8.60. The van der Waals surface area contributed by atoms with Crippen LogP contribution in [-0.4, -0.2) is 9.13 Å². The molecule has 2 aromatic heterocycles. The lowest BCUT2D eigenvalue weighted by atomic mass is 9.89. The van der Waals surface area contributed by atoms with E-state index >= 15 is 0 Å². The Morgan fingerprint density at radius 1 is 0.260 bits per heavy atom. The minimum absolute atomic E-state index is 1.15. The van der Waals surface area contributed by atoms with Gasteiger partial charge in [-0.15, -0.1) is 0 Å². The van der Waals surface area contributed by atoms with Gasteiger partial charge in [-0.3, -0.25) is 0 Å². The largest absolute Gasteiger partial charge is 0.307 e. The van der Waals surface area contributed by atoms with E-state index in [1.807, 2.05) is 0 Å². The van der Waals surface area contributed by atoms with Gasteiger partial charge in [0.25, 0.3) is 0 Å². The van der Waals surface area contributed by atoms with Crippen molar-refractivity contribution in [3.63, 3.8) is 0 Å². The van der Waals surface area contributed by atoms with Gasteiger partial charge in [0.1, 0.15) is 0 Å². The zero-order valence-corrected chi connectivity index (χ0v) is 27.2. The summed E-state index contributed by atoms with van der Waals surface area (Å²) in [5.74, 6) is 0. The standard InChI is InChI=1S/C48H30N2/c1-2-13-32(14-3-1)49-44-23-10-8-18-38(44)42-29-30-43-39-19-9-11-24-45(39)50(48(43)47(42)49)33-27-25-31(26-28-33)34-21-12-22-41-37-16-5-4-15-35(37)36-17-6-7-20-40(36)46(34)41/h1-30H. The molecular weight excluding hydrogens is 605 g/mol. The smallest absolute Gasteiger partial charge is 0.0788 e. The van der Waals surface area contributed by atoms with Crippen molar-refractivity contribution in [1.82, 2.24) is 9.13 Å². The van der Waals surface area contributed by atoms with E-state index in [0.29, 0.717) is 0 Å². The van der Waals surface area contributed by atoms with Crippen LogP contribution >= 0.6 is 0 Å². The third-order valence-corrected chi connectivity index (χ3v) is 10.7. The predicted molar refractivity (Wildman–Crippen MR) is 213 cm³/mol. The van der Waals surface area contributed by atoms with Crippen molar-refractivity contribution in [3.05, 3.63) is 182 Å². The van der Waals surface area contributed by atoms with Gasteiger partial charge in [0.05, 0.1) is 22.1 Å². The molecule has 2 nitrogen and oxygen atoms in total.